The summed E-state index contributed by atoms with van der Waals surface area (Å²) in [5, 5.41) is 8.43. The Morgan fingerprint density at radius 3 is 2.64 bits per heavy atom. The molecule has 2 N–H and O–H groups in total. The molecule has 22 heavy (non-hydrogen) atoms. The number of benzene rings is 1. The van der Waals surface area contributed by atoms with Crippen LogP contribution < -0.4 is 5.73 Å². The Bertz CT molecular complexity index is 742. The number of anilines is 1. The standard InChI is InChI=1S/C14H12N4O2S2/c15-13-17-16-11(22-13)6-7-18-12(19)10(21-14(18)20)8-9-4-2-1-3-5-9/h1-5,8H,6-7H2,(H2,15,17)/b10-8+. The second-order valence-electron chi connectivity index (χ2n) is 4.53. The van der Waals surface area contributed by atoms with Gasteiger partial charge < -0.3 is 5.73 Å². The van der Waals surface area contributed by atoms with Crippen LogP contribution in [0.1, 0.15) is 10.6 Å². The van der Waals surface area contributed by atoms with Gasteiger partial charge in [0.2, 0.25) is 5.13 Å². The maximum absolute atomic E-state index is 12.3. The van der Waals surface area contributed by atoms with Gasteiger partial charge in [0.25, 0.3) is 11.1 Å². The van der Waals surface area contributed by atoms with Gasteiger partial charge in [0.1, 0.15) is 5.01 Å². The highest BCUT2D eigenvalue weighted by molar-refractivity contribution is 8.18. The molecule has 2 amide bonds. The monoisotopic (exact) mass is 332 g/mol. The molecular weight excluding hydrogens is 320 g/mol. The van der Waals surface area contributed by atoms with Crippen molar-refractivity contribution in [3.63, 3.8) is 0 Å². The van der Waals surface area contributed by atoms with Crippen LogP contribution in [0.4, 0.5) is 9.93 Å². The average molecular weight is 332 g/mol. The second-order valence-corrected chi connectivity index (χ2v) is 6.61. The fraction of sp³-hybridized carbons (Fsp3) is 0.143. The number of aromatic nitrogens is 2. The van der Waals surface area contributed by atoms with Crippen LogP contribution in [0.15, 0.2) is 35.2 Å². The molecular formula is C14H12N4O2S2. The van der Waals surface area contributed by atoms with Crippen molar-refractivity contribution >= 4 is 45.5 Å². The zero-order valence-corrected chi connectivity index (χ0v) is 13.1. The summed E-state index contributed by atoms with van der Waals surface area (Å²) in [7, 11) is 0. The van der Waals surface area contributed by atoms with Gasteiger partial charge in [-0.05, 0) is 23.4 Å². The highest BCUT2D eigenvalue weighted by Gasteiger charge is 2.34. The zero-order valence-electron chi connectivity index (χ0n) is 11.4. The van der Waals surface area contributed by atoms with E-state index in [0.717, 1.165) is 17.3 Å². The molecule has 0 bridgehead atoms. The van der Waals surface area contributed by atoms with Crippen molar-refractivity contribution in [3.8, 4) is 0 Å². The van der Waals surface area contributed by atoms with Gasteiger partial charge >= 0.3 is 0 Å². The van der Waals surface area contributed by atoms with Gasteiger partial charge in [0, 0.05) is 13.0 Å². The third-order valence-corrected chi connectivity index (χ3v) is 4.72. The molecule has 2 heterocycles. The van der Waals surface area contributed by atoms with E-state index in [1.807, 2.05) is 30.3 Å². The van der Waals surface area contributed by atoms with Crippen molar-refractivity contribution in [2.45, 2.75) is 6.42 Å². The van der Waals surface area contributed by atoms with Crippen LogP contribution in [-0.4, -0.2) is 32.8 Å². The summed E-state index contributed by atoms with van der Waals surface area (Å²) in [6.07, 6.45) is 2.19. The largest absolute Gasteiger partial charge is 0.374 e. The molecule has 1 aliphatic rings. The molecule has 0 unspecified atom stereocenters. The molecule has 2 aromatic rings. The topological polar surface area (TPSA) is 89.2 Å². The molecule has 1 aromatic carbocycles. The molecule has 1 fully saturated rings. The third kappa shape index (κ3) is 3.18. The number of imide groups is 1. The zero-order chi connectivity index (χ0) is 15.5. The number of thioether (sulfide) groups is 1. The van der Waals surface area contributed by atoms with Crippen LogP contribution >= 0.6 is 23.1 Å². The summed E-state index contributed by atoms with van der Waals surface area (Å²) in [4.78, 5) is 26.0. The number of nitrogens with two attached hydrogens (primary N) is 1. The molecule has 112 valence electrons. The van der Waals surface area contributed by atoms with Gasteiger partial charge in [-0.2, -0.15) is 0 Å². The Labute approximate surface area is 135 Å². The number of amides is 2. The van der Waals surface area contributed by atoms with Gasteiger partial charge in [0.05, 0.1) is 4.91 Å². The van der Waals surface area contributed by atoms with E-state index in [2.05, 4.69) is 10.2 Å². The number of carbonyl (C=O) groups is 2. The SMILES string of the molecule is Nc1nnc(CCN2C(=O)S/C(=C/c3ccccc3)C2=O)s1. The molecule has 0 aliphatic carbocycles. The van der Waals surface area contributed by atoms with Gasteiger partial charge in [-0.3, -0.25) is 14.5 Å². The molecule has 1 aliphatic heterocycles. The molecule has 8 heteroatoms. The second kappa shape index (κ2) is 6.29. The van der Waals surface area contributed by atoms with E-state index in [1.54, 1.807) is 6.08 Å². The number of nitrogen functional groups attached to an aromatic ring is 1. The smallest absolute Gasteiger partial charge is 0.293 e. The maximum atomic E-state index is 12.3. The molecule has 0 radical (unpaired) electrons. The van der Waals surface area contributed by atoms with Crippen LogP contribution in [0.5, 0.6) is 0 Å². The van der Waals surface area contributed by atoms with Crippen molar-refractivity contribution in [3.05, 3.63) is 45.8 Å². The molecule has 0 spiro atoms. The first-order chi connectivity index (χ1) is 10.6. The van der Waals surface area contributed by atoms with E-state index in [0.29, 0.717) is 21.5 Å². The van der Waals surface area contributed by atoms with Crippen molar-refractivity contribution in [1.82, 2.24) is 15.1 Å². The Morgan fingerprint density at radius 1 is 1.18 bits per heavy atom. The molecule has 1 aromatic heterocycles. The Morgan fingerprint density at radius 2 is 1.95 bits per heavy atom. The van der Waals surface area contributed by atoms with Crippen molar-refractivity contribution < 1.29 is 9.59 Å². The minimum atomic E-state index is -0.267. The Hall–Kier alpha value is -2.19. The lowest BCUT2D eigenvalue weighted by Gasteiger charge is -2.10. The first-order valence-electron chi connectivity index (χ1n) is 6.52. The number of hydrogen-bond donors (Lipinski definition) is 1. The average Bonchev–Trinajstić information content (AvgIpc) is 3.03. The number of carbonyl (C=O) groups excluding carboxylic acids is 2. The summed E-state index contributed by atoms with van der Waals surface area (Å²) in [5.41, 5.74) is 6.40. The fourth-order valence-electron chi connectivity index (χ4n) is 1.97. The van der Waals surface area contributed by atoms with Gasteiger partial charge in [0.15, 0.2) is 0 Å². The normalized spacial score (nSPS) is 16.7. The molecule has 3 rings (SSSR count). The van der Waals surface area contributed by atoms with E-state index < -0.39 is 0 Å². The fourth-order valence-corrected chi connectivity index (χ4v) is 3.43. The minimum absolute atomic E-state index is 0.260. The van der Waals surface area contributed by atoms with Crippen LogP contribution in [0.2, 0.25) is 0 Å². The predicted octanol–water partition coefficient (Wildman–Crippen LogP) is 2.40. The van der Waals surface area contributed by atoms with Crippen molar-refractivity contribution in [2.75, 3.05) is 12.3 Å². The summed E-state index contributed by atoms with van der Waals surface area (Å²) >= 11 is 2.22. The highest BCUT2D eigenvalue weighted by Crippen LogP contribution is 2.32. The summed E-state index contributed by atoms with van der Waals surface area (Å²) in [5.74, 6) is -0.267. The number of hydrogen-bond acceptors (Lipinski definition) is 7. The van der Waals surface area contributed by atoms with Crippen LogP contribution in [0, 0.1) is 0 Å². The van der Waals surface area contributed by atoms with E-state index >= 15 is 0 Å². The third-order valence-electron chi connectivity index (χ3n) is 3.00. The number of nitrogens with zero attached hydrogens (tertiary/aromatic N) is 3. The van der Waals surface area contributed by atoms with Crippen LogP contribution in [-0.2, 0) is 11.2 Å². The molecule has 1 saturated heterocycles. The van der Waals surface area contributed by atoms with Crippen LogP contribution in [0.3, 0.4) is 0 Å². The Kier molecular flexibility index (Phi) is 4.21. The quantitative estimate of drug-likeness (QED) is 0.865. The molecule has 6 nitrogen and oxygen atoms in total. The summed E-state index contributed by atoms with van der Waals surface area (Å²) in [6.45, 7) is 0.283. The lowest BCUT2D eigenvalue weighted by atomic mass is 10.2. The molecule has 0 atom stereocenters. The lowest BCUT2D eigenvalue weighted by molar-refractivity contribution is -0.122. The van der Waals surface area contributed by atoms with E-state index in [9.17, 15) is 9.59 Å². The van der Waals surface area contributed by atoms with E-state index in [1.165, 1.54) is 16.2 Å². The first-order valence-corrected chi connectivity index (χ1v) is 8.15. The van der Waals surface area contributed by atoms with Gasteiger partial charge in [-0.1, -0.05) is 41.7 Å². The first kappa shape index (κ1) is 14.7. The van der Waals surface area contributed by atoms with E-state index in [4.69, 9.17) is 5.73 Å². The maximum Gasteiger partial charge on any atom is 0.293 e. The lowest BCUT2D eigenvalue weighted by Crippen LogP contribution is -2.30. The van der Waals surface area contributed by atoms with Gasteiger partial charge in [-0.25, -0.2) is 0 Å². The predicted molar refractivity (Wildman–Crippen MR) is 87.1 cm³/mol. The highest BCUT2D eigenvalue weighted by atomic mass is 32.2. The van der Waals surface area contributed by atoms with E-state index in [-0.39, 0.29) is 17.7 Å². The number of rotatable bonds is 4. The van der Waals surface area contributed by atoms with Crippen molar-refractivity contribution in [1.29, 1.82) is 0 Å². The van der Waals surface area contributed by atoms with Crippen LogP contribution in [0.25, 0.3) is 6.08 Å². The summed E-state index contributed by atoms with van der Waals surface area (Å²) < 4.78 is 0. The van der Waals surface area contributed by atoms with Gasteiger partial charge in [-0.15, -0.1) is 10.2 Å². The minimum Gasteiger partial charge on any atom is -0.374 e. The Balaban J connectivity index is 1.70. The molecule has 0 saturated carbocycles. The van der Waals surface area contributed by atoms with Crippen molar-refractivity contribution in [2.24, 2.45) is 0 Å². The summed E-state index contributed by atoms with van der Waals surface area (Å²) in [6, 6.07) is 9.44.